The van der Waals surface area contributed by atoms with Crippen molar-refractivity contribution < 1.29 is 0 Å². The molecule has 106 valence electrons. The number of hydrogen-bond acceptors (Lipinski definition) is 2. The van der Waals surface area contributed by atoms with Crippen molar-refractivity contribution in [2.45, 2.75) is 52.4 Å². The summed E-state index contributed by atoms with van der Waals surface area (Å²) < 4.78 is 0. The summed E-state index contributed by atoms with van der Waals surface area (Å²) in [7, 11) is 0. The van der Waals surface area contributed by atoms with Crippen molar-refractivity contribution in [2.24, 2.45) is 0 Å². The molecule has 0 aromatic carbocycles. The van der Waals surface area contributed by atoms with E-state index in [1.807, 2.05) is 0 Å². The van der Waals surface area contributed by atoms with Crippen molar-refractivity contribution in [1.82, 2.24) is 9.97 Å². The molecule has 0 amide bonds. The Kier molecular flexibility index (Phi) is 4.89. The van der Waals surface area contributed by atoms with E-state index in [4.69, 9.17) is 9.97 Å². The van der Waals surface area contributed by atoms with Crippen LogP contribution in [0.2, 0.25) is 0 Å². The fourth-order valence-corrected chi connectivity index (χ4v) is 2.16. The summed E-state index contributed by atoms with van der Waals surface area (Å²) in [6, 6.07) is 12.5. The largest absolute Gasteiger partial charge is 0.251 e. The van der Waals surface area contributed by atoms with Crippen molar-refractivity contribution in [3.05, 3.63) is 47.8 Å². The molecular weight excluding hydrogens is 244 g/mol. The van der Waals surface area contributed by atoms with Gasteiger partial charge in [-0.2, -0.15) is 0 Å². The second-order valence-electron chi connectivity index (χ2n) is 5.51. The number of hydrogen-bond donors (Lipinski definition) is 0. The van der Waals surface area contributed by atoms with Gasteiger partial charge in [-0.15, -0.1) is 0 Å². The van der Waals surface area contributed by atoms with Crippen LogP contribution in [0.1, 0.15) is 63.8 Å². The first-order chi connectivity index (χ1) is 9.65. The molecule has 0 bridgehead atoms. The Morgan fingerprint density at radius 3 is 1.50 bits per heavy atom. The van der Waals surface area contributed by atoms with Gasteiger partial charge < -0.3 is 0 Å². The lowest BCUT2D eigenvalue weighted by atomic mass is 10.0. The van der Waals surface area contributed by atoms with Gasteiger partial charge in [0.05, 0.1) is 11.4 Å². The fourth-order valence-electron chi connectivity index (χ4n) is 2.16. The van der Waals surface area contributed by atoms with Gasteiger partial charge in [0.1, 0.15) is 0 Å². The second kappa shape index (κ2) is 6.65. The Balaban J connectivity index is 2.36. The SMILES string of the molecule is CCC(C)c1cccc(-c2cccc(C(C)CC)n2)n1. The molecule has 2 rings (SSSR count). The minimum absolute atomic E-state index is 0.493. The van der Waals surface area contributed by atoms with Crippen LogP contribution in [0.5, 0.6) is 0 Å². The summed E-state index contributed by atoms with van der Waals surface area (Å²) in [5, 5.41) is 0. The lowest BCUT2D eigenvalue weighted by Crippen LogP contribution is -2.00. The van der Waals surface area contributed by atoms with Gasteiger partial charge in [-0.3, -0.25) is 9.97 Å². The van der Waals surface area contributed by atoms with E-state index in [0.717, 1.165) is 35.6 Å². The van der Waals surface area contributed by atoms with E-state index in [0.29, 0.717) is 11.8 Å². The maximum Gasteiger partial charge on any atom is 0.0889 e. The lowest BCUT2D eigenvalue weighted by molar-refractivity contribution is 0.704. The molecule has 0 saturated heterocycles. The maximum absolute atomic E-state index is 4.78. The Morgan fingerprint density at radius 2 is 1.15 bits per heavy atom. The molecule has 2 heterocycles. The van der Waals surface area contributed by atoms with Crippen LogP contribution in [0, 0.1) is 0 Å². The molecule has 0 aliphatic carbocycles. The molecule has 0 saturated carbocycles. The summed E-state index contributed by atoms with van der Waals surface area (Å²) in [4.78, 5) is 9.56. The molecular formula is C18H24N2. The zero-order chi connectivity index (χ0) is 14.5. The first-order valence-electron chi connectivity index (χ1n) is 7.60. The van der Waals surface area contributed by atoms with Crippen LogP contribution in [0.15, 0.2) is 36.4 Å². The molecule has 0 N–H and O–H groups in total. The van der Waals surface area contributed by atoms with Gasteiger partial charge in [0.25, 0.3) is 0 Å². The van der Waals surface area contributed by atoms with Crippen molar-refractivity contribution in [3.8, 4) is 11.4 Å². The quantitative estimate of drug-likeness (QED) is 0.747. The number of nitrogens with zero attached hydrogens (tertiary/aromatic N) is 2. The molecule has 20 heavy (non-hydrogen) atoms. The lowest BCUT2D eigenvalue weighted by Gasteiger charge is -2.12. The predicted octanol–water partition coefficient (Wildman–Crippen LogP) is 5.17. The summed E-state index contributed by atoms with van der Waals surface area (Å²) >= 11 is 0. The highest BCUT2D eigenvalue weighted by Crippen LogP contribution is 2.23. The minimum atomic E-state index is 0.493. The maximum atomic E-state index is 4.78. The average molecular weight is 268 g/mol. The minimum Gasteiger partial charge on any atom is -0.251 e. The Labute approximate surface area is 122 Å². The topological polar surface area (TPSA) is 25.8 Å². The van der Waals surface area contributed by atoms with Crippen molar-refractivity contribution in [3.63, 3.8) is 0 Å². The van der Waals surface area contributed by atoms with Gasteiger partial charge in [0.2, 0.25) is 0 Å². The van der Waals surface area contributed by atoms with Crippen molar-refractivity contribution in [2.75, 3.05) is 0 Å². The van der Waals surface area contributed by atoms with E-state index in [1.54, 1.807) is 0 Å². The summed E-state index contributed by atoms with van der Waals surface area (Å²) in [5.41, 5.74) is 4.27. The number of rotatable bonds is 5. The zero-order valence-electron chi connectivity index (χ0n) is 12.9. The van der Waals surface area contributed by atoms with Gasteiger partial charge in [0, 0.05) is 11.4 Å². The van der Waals surface area contributed by atoms with Crippen LogP contribution >= 0.6 is 0 Å². The number of pyridine rings is 2. The van der Waals surface area contributed by atoms with E-state index >= 15 is 0 Å². The number of aromatic nitrogens is 2. The van der Waals surface area contributed by atoms with Gasteiger partial charge in [0.15, 0.2) is 0 Å². The molecule has 2 nitrogen and oxygen atoms in total. The molecule has 2 aromatic rings. The van der Waals surface area contributed by atoms with Crippen LogP contribution in [0.4, 0.5) is 0 Å². The summed E-state index contributed by atoms with van der Waals surface area (Å²) in [6.07, 6.45) is 2.22. The van der Waals surface area contributed by atoms with E-state index in [1.165, 1.54) is 0 Å². The predicted molar refractivity (Wildman–Crippen MR) is 84.9 cm³/mol. The molecule has 2 atom stereocenters. The monoisotopic (exact) mass is 268 g/mol. The third-order valence-electron chi connectivity index (χ3n) is 4.04. The van der Waals surface area contributed by atoms with Gasteiger partial charge in [-0.05, 0) is 48.9 Å². The Hall–Kier alpha value is -1.70. The Bertz CT molecular complexity index is 511. The standard InChI is InChI=1S/C18H24N2/c1-5-13(3)15-9-7-11-17(19-15)18-12-8-10-16(20-18)14(4)6-2/h7-14H,5-6H2,1-4H3. The highest BCUT2D eigenvalue weighted by atomic mass is 14.8. The van der Waals surface area contributed by atoms with E-state index < -0.39 is 0 Å². The second-order valence-corrected chi connectivity index (χ2v) is 5.51. The highest BCUT2D eigenvalue weighted by Gasteiger charge is 2.09. The molecule has 2 unspecified atom stereocenters. The molecule has 2 aromatic heterocycles. The average Bonchev–Trinajstić information content (AvgIpc) is 2.53. The molecule has 0 aliphatic rings. The third-order valence-corrected chi connectivity index (χ3v) is 4.04. The van der Waals surface area contributed by atoms with Crippen molar-refractivity contribution >= 4 is 0 Å². The van der Waals surface area contributed by atoms with Crippen LogP contribution in [0.25, 0.3) is 11.4 Å². The smallest absolute Gasteiger partial charge is 0.0889 e. The van der Waals surface area contributed by atoms with Gasteiger partial charge in [-0.25, -0.2) is 0 Å². The highest BCUT2D eigenvalue weighted by molar-refractivity contribution is 5.54. The van der Waals surface area contributed by atoms with Crippen LogP contribution < -0.4 is 0 Å². The van der Waals surface area contributed by atoms with E-state index in [2.05, 4.69) is 64.1 Å². The van der Waals surface area contributed by atoms with Gasteiger partial charge in [-0.1, -0.05) is 39.8 Å². The van der Waals surface area contributed by atoms with E-state index in [-0.39, 0.29) is 0 Å². The van der Waals surface area contributed by atoms with Crippen LogP contribution in [0.3, 0.4) is 0 Å². The molecule has 0 fully saturated rings. The third kappa shape index (κ3) is 3.24. The summed E-state index contributed by atoms with van der Waals surface area (Å²) in [5.74, 6) is 0.986. The molecule has 0 aliphatic heterocycles. The first-order valence-corrected chi connectivity index (χ1v) is 7.60. The summed E-state index contributed by atoms with van der Waals surface area (Å²) in [6.45, 7) is 8.83. The molecule has 2 heteroatoms. The first kappa shape index (κ1) is 14.7. The zero-order valence-corrected chi connectivity index (χ0v) is 12.9. The van der Waals surface area contributed by atoms with Crippen molar-refractivity contribution in [1.29, 1.82) is 0 Å². The Morgan fingerprint density at radius 1 is 0.750 bits per heavy atom. The normalized spacial score (nSPS) is 14.0. The van der Waals surface area contributed by atoms with Crippen LogP contribution in [-0.2, 0) is 0 Å². The fraction of sp³-hybridized carbons (Fsp3) is 0.444. The van der Waals surface area contributed by atoms with E-state index in [9.17, 15) is 0 Å². The van der Waals surface area contributed by atoms with Gasteiger partial charge >= 0.3 is 0 Å². The van der Waals surface area contributed by atoms with Crippen LogP contribution in [-0.4, -0.2) is 9.97 Å². The molecule has 0 spiro atoms. The molecule has 0 radical (unpaired) electrons.